The van der Waals surface area contributed by atoms with Crippen LogP contribution in [0.25, 0.3) is 5.65 Å². The van der Waals surface area contributed by atoms with Crippen molar-refractivity contribution in [3.63, 3.8) is 0 Å². The van der Waals surface area contributed by atoms with Gasteiger partial charge in [-0.15, -0.1) is 0 Å². The number of ether oxygens (including phenoxy) is 1. The normalized spacial score (nSPS) is 24.5. The van der Waals surface area contributed by atoms with Crippen molar-refractivity contribution < 1.29 is 27.1 Å². The predicted octanol–water partition coefficient (Wildman–Crippen LogP) is 6.13. The van der Waals surface area contributed by atoms with Crippen LogP contribution in [-0.4, -0.2) is 50.5 Å². The zero-order chi connectivity index (χ0) is 24.8. The Labute approximate surface area is 196 Å². The maximum absolute atomic E-state index is 15.4. The van der Waals surface area contributed by atoms with Crippen molar-refractivity contribution in [1.82, 2.24) is 19.5 Å². The summed E-state index contributed by atoms with van der Waals surface area (Å²) in [5.74, 6) is -2.34. The topological polar surface area (TPSA) is 59.7 Å². The summed E-state index contributed by atoms with van der Waals surface area (Å²) in [6, 6.07) is 1.85. The Morgan fingerprint density at radius 2 is 1.76 bits per heavy atom. The van der Waals surface area contributed by atoms with Crippen LogP contribution in [0, 0.1) is 18.7 Å². The fourth-order valence-corrected chi connectivity index (χ4v) is 5.11. The van der Waals surface area contributed by atoms with E-state index in [0.29, 0.717) is 18.8 Å². The number of hydrogen-bond donors (Lipinski definition) is 0. The molecule has 0 spiro atoms. The Bertz CT molecular complexity index is 1050. The molecule has 2 aromatic rings. The Morgan fingerprint density at radius 1 is 1.09 bits per heavy atom. The third kappa shape index (κ3) is 5.15. The van der Waals surface area contributed by atoms with E-state index in [-0.39, 0.29) is 55.0 Å². The van der Waals surface area contributed by atoms with Crippen molar-refractivity contribution >= 4 is 11.7 Å². The molecule has 3 heterocycles. The Hall–Kier alpha value is -2.39. The molecule has 2 fully saturated rings. The maximum Gasteiger partial charge on any atom is 0.410 e. The molecular weight excluding hydrogens is 452 g/mol. The fraction of sp³-hybridized carbons (Fsp3) is 0.708. The zero-order valence-corrected chi connectivity index (χ0v) is 20.1. The molecule has 1 saturated carbocycles. The second kappa shape index (κ2) is 9.00. The highest BCUT2D eigenvalue weighted by Gasteiger charge is 2.42. The molecule has 0 N–H and O–H groups in total. The summed E-state index contributed by atoms with van der Waals surface area (Å²) in [6.07, 6.45) is -2.58. The van der Waals surface area contributed by atoms with E-state index in [1.54, 1.807) is 11.8 Å². The molecule has 0 aromatic carbocycles. The van der Waals surface area contributed by atoms with Gasteiger partial charge in [0.1, 0.15) is 11.3 Å². The molecule has 188 valence electrons. The molecule has 2 aliphatic rings. The number of carbonyl (C=O) groups is 1. The summed E-state index contributed by atoms with van der Waals surface area (Å²) in [4.78, 5) is 18.6. The predicted molar refractivity (Wildman–Crippen MR) is 118 cm³/mol. The number of alkyl halides is 3. The lowest BCUT2D eigenvalue weighted by molar-refractivity contribution is -0.182. The van der Waals surface area contributed by atoms with Crippen LogP contribution in [0.15, 0.2) is 6.07 Å². The number of likely N-dealkylation sites (tertiary alicyclic amines) is 1. The summed E-state index contributed by atoms with van der Waals surface area (Å²) in [7, 11) is 0. The molecule has 34 heavy (non-hydrogen) atoms. The van der Waals surface area contributed by atoms with Crippen LogP contribution in [0.4, 0.5) is 22.4 Å². The van der Waals surface area contributed by atoms with Gasteiger partial charge in [-0.25, -0.2) is 18.7 Å². The van der Waals surface area contributed by atoms with E-state index in [9.17, 15) is 18.0 Å². The van der Waals surface area contributed by atoms with Crippen molar-refractivity contribution in [2.45, 2.75) is 89.8 Å². The lowest BCUT2D eigenvalue weighted by atomic mass is 9.80. The average Bonchev–Trinajstić information content (AvgIpc) is 3.08. The Balaban J connectivity index is 1.60. The molecule has 1 aliphatic carbocycles. The molecule has 10 heteroatoms. The Morgan fingerprint density at radius 3 is 2.38 bits per heavy atom. The fourth-order valence-electron chi connectivity index (χ4n) is 5.11. The van der Waals surface area contributed by atoms with Gasteiger partial charge in [0.2, 0.25) is 0 Å². The van der Waals surface area contributed by atoms with Gasteiger partial charge in [0, 0.05) is 30.6 Å². The molecule has 1 saturated heterocycles. The summed E-state index contributed by atoms with van der Waals surface area (Å²) < 4.78 is 61.6. The number of fused-ring (bicyclic) bond motifs is 1. The van der Waals surface area contributed by atoms with Crippen LogP contribution < -0.4 is 0 Å². The summed E-state index contributed by atoms with van der Waals surface area (Å²) in [5.41, 5.74) is 1.07. The van der Waals surface area contributed by atoms with Crippen LogP contribution in [0.2, 0.25) is 0 Å². The minimum Gasteiger partial charge on any atom is -0.444 e. The lowest BCUT2D eigenvalue weighted by Crippen LogP contribution is -2.42. The molecule has 4 rings (SSSR count). The third-order valence-corrected chi connectivity index (χ3v) is 6.78. The molecule has 0 radical (unpaired) electrons. The zero-order valence-electron chi connectivity index (χ0n) is 20.1. The number of amides is 1. The molecule has 1 aliphatic heterocycles. The van der Waals surface area contributed by atoms with Gasteiger partial charge in [0.25, 0.3) is 0 Å². The van der Waals surface area contributed by atoms with E-state index in [1.807, 2.05) is 26.8 Å². The summed E-state index contributed by atoms with van der Waals surface area (Å²) in [5, 5.41) is 4.53. The van der Waals surface area contributed by atoms with Gasteiger partial charge in [-0.05, 0) is 72.3 Å². The SMILES string of the molecule is Cc1cc([C@H]2CCCN(C(=O)OC(C)(C)C)C2)n2nc([C@H]3CC[C@H](C(F)(F)F)CC3)c(F)c2n1. The number of nitrogens with zero attached hydrogens (tertiary/aromatic N) is 4. The van der Waals surface area contributed by atoms with Crippen molar-refractivity contribution in [1.29, 1.82) is 0 Å². The quantitative estimate of drug-likeness (QED) is 0.482. The number of aromatic nitrogens is 3. The number of carbonyl (C=O) groups excluding carboxylic acids is 1. The van der Waals surface area contributed by atoms with E-state index in [0.717, 1.165) is 18.5 Å². The largest absolute Gasteiger partial charge is 0.444 e. The number of halogens is 4. The van der Waals surface area contributed by atoms with Crippen molar-refractivity contribution in [3.05, 3.63) is 29.0 Å². The first-order valence-corrected chi connectivity index (χ1v) is 11.9. The minimum atomic E-state index is -4.21. The summed E-state index contributed by atoms with van der Waals surface area (Å²) in [6.45, 7) is 8.23. The van der Waals surface area contributed by atoms with Gasteiger partial charge in [0.05, 0.1) is 11.6 Å². The molecule has 0 bridgehead atoms. The lowest BCUT2D eigenvalue weighted by Gasteiger charge is -2.34. The number of piperidine rings is 1. The minimum absolute atomic E-state index is 0.0196. The number of hydrogen-bond acceptors (Lipinski definition) is 4. The van der Waals surface area contributed by atoms with E-state index >= 15 is 4.39 Å². The first-order valence-electron chi connectivity index (χ1n) is 11.9. The van der Waals surface area contributed by atoms with Gasteiger partial charge < -0.3 is 9.64 Å². The smallest absolute Gasteiger partial charge is 0.410 e. The first kappa shape index (κ1) is 24.7. The van der Waals surface area contributed by atoms with Crippen molar-refractivity contribution in [3.8, 4) is 0 Å². The van der Waals surface area contributed by atoms with E-state index in [4.69, 9.17) is 4.74 Å². The van der Waals surface area contributed by atoms with Gasteiger partial charge in [-0.3, -0.25) is 0 Å². The monoisotopic (exact) mass is 484 g/mol. The van der Waals surface area contributed by atoms with Gasteiger partial charge in [0.15, 0.2) is 11.5 Å². The highest BCUT2D eigenvalue weighted by molar-refractivity contribution is 5.68. The second-order valence-electron chi connectivity index (χ2n) is 10.6. The van der Waals surface area contributed by atoms with E-state index in [1.165, 1.54) is 4.52 Å². The number of aryl methyl sites for hydroxylation is 1. The molecule has 2 aromatic heterocycles. The number of rotatable bonds is 2. The van der Waals surface area contributed by atoms with Crippen LogP contribution in [0.1, 0.15) is 88.2 Å². The molecule has 1 amide bonds. The van der Waals surface area contributed by atoms with Crippen LogP contribution >= 0.6 is 0 Å². The second-order valence-corrected chi connectivity index (χ2v) is 10.6. The van der Waals surface area contributed by atoms with Crippen LogP contribution in [0.3, 0.4) is 0 Å². The third-order valence-electron chi connectivity index (χ3n) is 6.78. The highest BCUT2D eigenvalue weighted by atomic mass is 19.4. The van der Waals surface area contributed by atoms with E-state index in [2.05, 4.69) is 10.1 Å². The van der Waals surface area contributed by atoms with Crippen molar-refractivity contribution in [2.24, 2.45) is 5.92 Å². The van der Waals surface area contributed by atoms with Crippen LogP contribution in [-0.2, 0) is 4.74 Å². The molecule has 0 unspecified atom stereocenters. The molecule has 1 atom stereocenters. The Kier molecular flexibility index (Phi) is 6.54. The standard InChI is InChI=1S/C24H32F4N4O2/c1-14-12-18(16-6-5-11-31(13-16)22(33)34-23(2,3)4)32-21(29-14)19(25)20(30-32)15-7-9-17(10-8-15)24(26,27)28/h12,15-17H,5-11,13H2,1-4H3/t15-,16-,17-/m0/s1. The molecular formula is C24H32F4N4O2. The van der Waals surface area contributed by atoms with Gasteiger partial charge >= 0.3 is 12.3 Å². The van der Waals surface area contributed by atoms with Gasteiger partial charge in [-0.1, -0.05) is 0 Å². The van der Waals surface area contributed by atoms with E-state index < -0.39 is 23.5 Å². The van der Waals surface area contributed by atoms with Crippen molar-refractivity contribution in [2.75, 3.05) is 13.1 Å². The highest BCUT2D eigenvalue weighted by Crippen LogP contribution is 2.43. The average molecular weight is 485 g/mol. The molecule has 6 nitrogen and oxygen atoms in total. The summed E-state index contributed by atoms with van der Waals surface area (Å²) >= 11 is 0. The first-order chi connectivity index (χ1) is 15.8. The van der Waals surface area contributed by atoms with Gasteiger partial charge in [-0.2, -0.15) is 18.3 Å². The maximum atomic E-state index is 15.4. The van der Waals surface area contributed by atoms with Crippen LogP contribution in [0.5, 0.6) is 0 Å².